The summed E-state index contributed by atoms with van der Waals surface area (Å²) in [4.78, 5) is 23.1. The average molecular weight is 334 g/mol. The van der Waals surface area contributed by atoms with Gasteiger partial charge in [0.2, 0.25) is 0 Å². The molecule has 4 heteroatoms. The van der Waals surface area contributed by atoms with Crippen molar-refractivity contribution >= 4 is 11.9 Å². The summed E-state index contributed by atoms with van der Waals surface area (Å²) >= 11 is 0. The molecule has 0 unspecified atom stereocenters. The lowest BCUT2D eigenvalue weighted by atomic mass is 10.1. The zero-order valence-electron chi connectivity index (χ0n) is 14.8. The average Bonchev–Trinajstić information content (AvgIpc) is 2.60. The summed E-state index contributed by atoms with van der Waals surface area (Å²) in [5.74, 6) is -0.334. The van der Waals surface area contributed by atoms with Crippen LogP contribution in [0.15, 0.2) is 30.3 Å². The molecule has 0 amide bonds. The van der Waals surface area contributed by atoms with Gasteiger partial charge in [-0.05, 0) is 24.8 Å². The number of carbonyl (C=O) groups is 2. The van der Waals surface area contributed by atoms with Crippen LogP contribution < -0.4 is 0 Å². The minimum absolute atomic E-state index is 0.127. The van der Waals surface area contributed by atoms with Crippen molar-refractivity contribution in [2.75, 3.05) is 6.61 Å². The lowest BCUT2D eigenvalue weighted by Gasteiger charge is -2.06. The molecule has 134 valence electrons. The van der Waals surface area contributed by atoms with E-state index in [9.17, 15) is 9.59 Å². The first kappa shape index (κ1) is 20.2. The topological polar surface area (TPSA) is 52.6 Å². The molecular formula is C20H30O4. The zero-order chi connectivity index (χ0) is 17.5. The van der Waals surface area contributed by atoms with Crippen molar-refractivity contribution in [1.29, 1.82) is 0 Å². The fourth-order valence-electron chi connectivity index (χ4n) is 2.31. The first-order valence-electron chi connectivity index (χ1n) is 9.07. The van der Waals surface area contributed by atoms with E-state index >= 15 is 0 Å². The molecule has 0 aliphatic heterocycles. The van der Waals surface area contributed by atoms with Gasteiger partial charge in [0.1, 0.15) is 6.61 Å². The molecule has 0 N–H and O–H groups in total. The molecule has 0 aliphatic rings. The summed E-state index contributed by atoms with van der Waals surface area (Å²) in [5.41, 5.74) is 0.985. The van der Waals surface area contributed by atoms with Gasteiger partial charge in [0, 0.05) is 12.8 Å². The molecular weight excluding hydrogens is 304 g/mol. The fourth-order valence-corrected chi connectivity index (χ4v) is 2.31. The van der Waals surface area contributed by atoms with Gasteiger partial charge in [0.25, 0.3) is 0 Å². The number of esters is 2. The standard InChI is InChI=1S/C20H30O4/c1-2-3-4-5-9-14-19(21)23-16-11-10-15-20(22)24-17-18-12-7-6-8-13-18/h6-8,12-13H,2-5,9-11,14-17H2,1H3. The lowest BCUT2D eigenvalue weighted by molar-refractivity contribution is -0.145. The number of hydrogen-bond acceptors (Lipinski definition) is 4. The van der Waals surface area contributed by atoms with E-state index in [1.165, 1.54) is 19.3 Å². The number of carbonyl (C=O) groups excluding carboxylic acids is 2. The highest BCUT2D eigenvalue weighted by atomic mass is 16.5. The summed E-state index contributed by atoms with van der Waals surface area (Å²) in [5, 5.41) is 0. The largest absolute Gasteiger partial charge is 0.466 e. The summed E-state index contributed by atoms with van der Waals surface area (Å²) in [6.45, 7) is 2.87. The van der Waals surface area contributed by atoms with Crippen molar-refractivity contribution in [2.24, 2.45) is 0 Å². The number of rotatable bonds is 13. The van der Waals surface area contributed by atoms with Gasteiger partial charge >= 0.3 is 11.9 Å². The van der Waals surface area contributed by atoms with Gasteiger partial charge < -0.3 is 9.47 Å². The Hall–Kier alpha value is -1.84. The number of unbranched alkanes of at least 4 members (excludes halogenated alkanes) is 5. The van der Waals surface area contributed by atoms with Crippen molar-refractivity contribution in [1.82, 2.24) is 0 Å². The molecule has 0 saturated heterocycles. The number of ether oxygens (including phenoxy) is 2. The molecule has 4 nitrogen and oxygen atoms in total. The van der Waals surface area contributed by atoms with E-state index in [0.717, 1.165) is 18.4 Å². The van der Waals surface area contributed by atoms with Crippen LogP contribution in [0.1, 0.15) is 70.3 Å². The summed E-state index contributed by atoms with van der Waals surface area (Å²) in [6, 6.07) is 9.62. The molecule has 1 rings (SSSR count). The maximum absolute atomic E-state index is 11.6. The molecule has 0 bridgehead atoms. The van der Waals surface area contributed by atoms with E-state index < -0.39 is 0 Å². The van der Waals surface area contributed by atoms with Gasteiger partial charge in [-0.2, -0.15) is 0 Å². The molecule has 0 atom stereocenters. The van der Waals surface area contributed by atoms with Crippen LogP contribution in [-0.2, 0) is 25.7 Å². The molecule has 0 fully saturated rings. The van der Waals surface area contributed by atoms with Crippen LogP contribution in [-0.4, -0.2) is 18.5 Å². The summed E-state index contributed by atoms with van der Waals surface area (Å²) in [7, 11) is 0. The molecule has 0 aromatic heterocycles. The highest BCUT2D eigenvalue weighted by molar-refractivity contribution is 5.69. The first-order chi connectivity index (χ1) is 11.7. The predicted octanol–water partition coefficient (Wildman–Crippen LogP) is 4.80. The maximum atomic E-state index is 11.6. The van der Waals surface area contributed by atoms with E-state index in [0.29, 0.717) is 38.9 Å². The monoisotopic (exact) mass is 334 g/mol. The third kappa shape index (κ3) is 10.8. The van der Waals surface area contributed by atoms with Crippen LogP contribution in [0.2, 0.25) is 0 Å². The Morgan fingerprint density at radius 2 is 1.42 bits per heavy atom. The Labute approximate surface area is 145 Å². The maximum Gasteiger partial charge on any atom is 0.306 e. The Morgan fingerprint density at radius 1 is 0.792 bits per heavy atom. The second-order valence-corrected chi connectivity index (χ2v) is 5.99. The lowest BCUT2D eigenvalue weighted by Crippen LogP contribution is -2.07. The molecule has 0 heterocycles. The molecule has 0 aliphatic carbocycles. The number of benzene rings is 1. The third-order valence-electron chi connectivity index (χ3n) is 3.77. The first-order valence-corrected chi connectivity index (χ1v) is 9.07. The van der Waals surface area contributed by atoms with Gasteiger partial charge in [0.15, 0.2) is 0 Å². The van der Waals surface area contributed by atoms with E-state index in [2.05, 4.69) is 6.92 Å². The van der Waals surface area contributed by atoms with E-state index in [1.807, 2.05) is 30.3 Å². The molecule has 0 radical (unpaired) electrons. The smallest absolute Gasteiger partial charge is 0.306 e. The quantitative estimate of drug-likeness (QED) is 0.384. The van der Waals surface area contributed by atoms with Crippen LogP contribution in [0, 0.1) is 0 Å². The van der Waals surface area contributed by atoms with Crippen molar-refractivity contribution in [3.8, 4) is 0 Å². The van der Waals surface area contributed by atoms with Crippen LogP contribution in [0.3, 0.4) is 0 Å². The highest BCUT2D eigenvalue weighted by Crippen LogP contribution is 2.07. The zero-order valence-corrected chi connectivity index (χ0v) is 14.8. The van der Waals surface area contributed by atoms with Gasteiger partial charge in [-0.25, -0.2) is 0 Å². The van der Waals surface area contributed by atoms with Crippen molar-refractivity contribution in [3.63, 3.8) is 0 Å². The van der Waals surface area contributed by atoms with Crippen LogP contribution in [0.5, 0.6) is 0 Å². The van der Waals surface area contributed by atoms with E-state index in [-0.39, 0.29) is 11.9 Å². The number of hydrogen-bond donors (Lipinski definition) is 0. The molecule has 24 heavy (non-hydrogen) atoms. The normalized spacial score (nSPS) is 10.4. The second-order valence-electron chi connectivity index (χ2n) is 5.99. The molecule has 1 aromatic rings. The minimum atomic E-state index is -0.207. The van der Waals surface area contributed by atoms with Crippen LogP contribution in [0.4, 0.5) is 0 Å². The van der Waals surface area contributed by atoms with Crippen molar-refractivity contribution < 1.29 is 19.1 Å². The summed E-state index contributed by atoms with van der Waals surface area (Å²) < 4.78 is 10.4. The van der Waals surface area contributed by atoms with E-state index in [4.69, 9.17) is 9.47 Å². The Morgan fingerprint density at radius 3 is 2.12 bits per heavy atom. The third-order valence-corrected chi connectivity index (χ3v) is 3.77. The van der Waals surface area contributed by atoms with E-state index in [1.54, 1.807) is 0 Å². The molecule has 1 aromatic carbocycles. The fraction of sp³-hybridized carbons (Fsp3) is 0.600. The van der Waals surface area contributed by atoms with Gasteiger partial charge in [-0.15, -0.1) is 0 Å². The Bertz CT molecular complexity index is 456. The minimum Gasteiger partial charge on any atom is -0.466 e. The molecule has 0 saturated carbocycles. The van der Waals surface area contributed by atoms with Crippen LogP contribution in [0.25, 0.3) is 0 Å². The Balaban J connectivity index is 1.93. The van der Waals surface area contributed by atoms with Gasteiger partial charge in [0.05, 0.1) is 6.61 Å². The highest BCUT2D eigenvalue weighted by Gasteiger charge is 2.05. The van der Waals surface area contributed by atoms with Crippen molar-refractivity contribution in [2.45, 2.75) is 71.3 Å². The predicted molar refractivity (Wildman–Crippen MR) is 94.4 cm³/mol. The van der Waals surface area contributed by atoms with Gasteiger partial charge in [-0.1, -0.05) is 62.9 Å². The molecule has 0 spiro atoms. The second kappa shape index (κ2) is 13.6. The SMILES string of the molecule is CCCCCCCC(=O)OCCCCC(=O)OCc1ccccc1. The van der Waals surface area contributed by atoms with Crippen LogP contribution >= 0.6 is 0 Å². The summed E-state index contributed by atoms with van der Waals surface area (Å²) in [6.07, 6.45) is 7.87. The van der Waals surface area contributed by atoms with Crippen molar-refractivity contribution in [3.05, 3.63) is 35.9 Å². The Kier molecular flexibility index (Phi) is 11.4. The van der Waals surface area contributed by atoms with Gasteiger partial charge in [-0.3, -0.25) is 9.59 Å².